The summed E-state index contributed by atoms with van der Waals surface area (Å²) in [6, 6.07) is 24.8. The van der Waals surface area contributed by atoms with Crippen LogP contribution in [0.1, 0.15) is 18.1 Å². The third-order valence-corrected chi connectivity index (χ3v) is 6.44. The third kappa shape index (κ3) is 5.44. The molecule has 0 atom stereocenters. The summed E-state index contributed by atoms with van der Waals surface area (Å²) in [7, 11) is 0. The molecule has 0 radical (unpaired) electrons. The molecule has 3 aromatic rings. The van der Waals surface area contributed by atoms with Crippen LogP contribution in [0.15, 0.2) is 94.8 Å². The monoisotopic (exact) mass is 511 g/mol. The van der Waals surface area contributed by atoms with Gasteiger partial charge in [0.2, 0.25) is 0 Å². The molecule has 2 aliphatic rings. The predicted molar refractivity (Wildman–Crippen MR) is 147 cm³/mol. The maximum Gasteiger partial charge on any atom is 0.283 e. The quantitative estimate of drug-likeness (QED) is 0.287. The summed E-state index contributed by atoms with van der Waals surface area (Å²) >= 11 is 1.34. The van der Waals surface area contributed by atoms with Crippen LogP contribution >= 0.6 is 11.8 Å². The van der Waals surface area contributed by atoms with Crippen LogP contribution in [0, 0.1) is 5.41 Å². The standard InChI is InChI=1S/C29H25N3O4S/c1-2-34-26-18-20(13-14-25(26)36-16-15-35-22-11-7-4-8-12-22)17-23-27(30)32-24(21-9-5-3-6-10-21)19-37-29(32)31-28(23)33/h3-14,17-19,30H,2,15-16H2,1H3/b23-17+,30-27?. The molecule has 0 saturated carbocycles. The third-order valence-electron chi connectivity index (χ3n) is 5.62. The van der Waals surface area contributed by atoms with E-state index in [2.05, 4.69) is 4.99 Å². The number of thioether (sulfide) groups is 1. The van der Waals surface area contributed by atoms with Crippen molar-refractivity contribution in [2.45, 2.75) is 6.92 Å². The number of amidine groups is 2. The second-order valence-corrected chi connectivity index (χ2v) is 8.91. The van der Waals surface area contributed by atoms with Crippen LogP contribution in [-0.2, 0) is 4.79 Å². The van der Waals surface area contributed by atoms with Gasteiger partial charge in [-0.3, -0.25) is 15.1 Å². The Morgan fingerprint density at radius 2 is 1.65 bits per heavy atom. The second-order valence-electron chi connectivity index (χ2n) is 8.08. The number of para-hydroxylation sites is 1. The second kappa shape index (κ2) is 11.2. The summed E-state index contributed by atoms with van der Waals surface area (Å²) in [5.74, 6) is 1.56. The van der Waals surface area contributed by atoms with Crippen molar-refractivity contribution in [3.8, 4) is 17.2 Å². The lowest BCUT2D eigenvalue weighted by molar-refractivity contribution is -0.114. The van der Waals surface area contributed by atoms with Gasteiger partial charge in [0.1, 0.15) is 24.8 Å². The van der Waals surface area contributed by atoms with E-state index in [1.54, 1.807) is 23.1 Å². The van der Waals surface area contributed by atoms with Crippen molar-refractivity contribution >= 4 is 40.4 Å². The molecule has 8 heteroatoms. The number of nitrogens with zero attached hydrogens (tertiary/aromatic N) is 2. The molecule has 5 rings (SSSR count). The molecule has 2 aliphatic heterocycles. The van der Waals surface area contributed by atoms with Crippen LogP contribution in [0.4, 0.5) is 0 Å². The first-order valence-corrected chi connectivity index (χ1v) is 12.8. The summed E-state index contributed by atoms with van der Waals surface area (Å²) < 4.78 is 17.4. The molecule has 0 spiro atoms. The topological polar surface area (TPSA) is 84.2 Å². The van der Waals surface area contributed by atoms with Crippen molar-refractivity contribution in [3.05, 3.63) is 101 Å². The molecular formula is C29H25N3O4S. The predicted octanol–water partition coefficient (Wildman–Crippen LogP) is 5.85. The Kier molecular flexibility index (Phi) is 7.37. The maximum atomic E-state index is 12.8. The summed E-state index contributed by atoms with van der Waals surface area (Å²) in [4.78, 5) is 18.8. The van der Waals surface area contributed by atoms with E-state index >= 15 is 0 Å². The molecule has 3 aromatic carbocycles. The van der Waals surface area contributed by atoms with E-state index in [9.17, 15) is 4.79 Å². The Balaban J connectivity index is 1.33. The van der Waals surface area contributed by atoms with Gasteiger partial charge in [0.25, 0.3) is 5.91 Å². The van der Waals surface area contributed by atoms with Gasteiger partial charge >= 0.3 is 0 Å². The number of ether oxygens (including phenoxy) is 3. The molecule has 0 fully saturated rings. The Hall–Kier alpha value is -4.30. The van der Waals surface area contributed by atoms with Crippen LogP contribution < -0.4 is 14.2 Å². The maximum absolute atomic E-state index is 12.8. The number of benzene rings is 3. The first-order valence-electron chi connectivity index (χ1n) is 11.9. The number of carbonyl (C=O) groups excluding carboxylic acids is 1. The molecule has 2 heterocycles. The van der Waals surface area contributed by atoms with Crippen LogP contribution in [0.25, 0.3) is 11.8 Å². The van der Waals surface area contributed by atoms with Crippen LogP contribution in [0.3, 0.4) is 0 Å². The van der Waals surface area contributed by atoms with Crippen molar-refractivity contribution < 1.29 is 19.0 Å². The van der Waals surface area contributed by atoms with Crippen LogP contribution in [0.5, 0.6) is 17.2 Å². The van der Waals surface area contributed by atoms with Gasteiger partial charge in [0.05, 0.1) is 17.9 Å². The zero-order valence-electron chi connectivity index (χ0n) is 20.2. The zero-order chi connectivity index (χ0) is 25.6. The Labute approximate surface area is 219 Å². The first-order chi connectivity index (χ1) is 18.1. The summed E-state index contributed by atoms with van der Waals surface area (Å²) in [5.41, 5.74) is 2.69. The van der Waals surface area contributed by atoms with Gasteiger partial charge in [-0.1, -0.05) is 66.4 Å². The highest BCUT2D eigenvalue weighted by atomic mass is 32.2. The minimum atomic E-state index is -0.442. The van der Waals surface area contributed by atoms with Gasteiger partial charge < -0.3 is 14.2 Å². The van der Waals surface area contributed by atoms with Crippen molar-refractivity contribution in [2.75, 3.05) is 19.8 Å². The Morgan fingerprint density at radius 1 is 0.919 bits per heavy atom. The minimum Gasteiger partial charge on any atom is -0.490 e. The lowest BCUT2D eigenvalue weighted by Crippen LogP contribution is -2.38. The van der Waals surface area contributed by atoms with Gasteiger partial charge in [-0.15, -0.1) is 0 Å². The Bertz CT molecular complexity index is 1400. The van der Waals surface area contributed by atoms with Crippen molar-refractivity contribution in [1.82, 2.24) is 4.90 Å². The molecule has 186 valence electrons. The van der Waals surface area contributed by atoms with E-state index < -0.39 is 5.91 Å². The minimum absolute atomic E-state index is 0.0893. The van der Waals surface area contributed by atoms with Gasteiger partial charge in [0, 0.05) is 5.41 Å². The number of hydrogen-bond donors (Lipinski definition) is 1. The van der Waals surface area contributed by atoms with Gasteiger partial charge in [-0.05, 0) is 48.4 Å². The molecule has 1 amide bonds. The average molecular weight is 512 g/mol. The van der Waals surface area contributed by atoms with Crippen molar-refractivity contribution in [2.24, 2.45) is 4.99 Å². The molecular weight excluding hydrogens is 486 g/mol. The molecule has 0 bridgehead atoms. The SMILES string of the molecule is CCOc1cc(/C=C2\C(=N)N3C(c4ccccc4)=CSC3=NC2=O)ccc1OCCOc1ccccc1. The van der Waals surface area contributed by atoms with Crippen molar-refractivity contribution in [1.29, 1.82) is 5.41 Å². The fraction of sp³-hybridized carbons (Fsp3) is 0.138. The molecule has 0 aliphatic carbocycles. The zero-order valence-corrected chi connectivity index (χ0v) is 21.0. The summed E-state index contributed by atoms with van der Waals surface area (Å²) in [5, 5.41) is 11.2. The van der Waals surface area contributed by atoms with E-state index in [1.807, 2.05) is 79.1 Å². The largest absolute Gasteiger partial charge is 0.490 e. The van der Waals surface area contributed by atoms with E-state index in [1.165, 1.54) is 11.8 Å². The Morgan fingerprint density at radius 3 is 2.41 bits per heavy atom. The summed E-state index contributed by atoms with van der Waals surface area (Å²) in [6.07, 6.45) is 1.67. The van der Waals surface area contributed by atoms with Gasteiger partial charge in [0.15, 0.2) is 16.7 Å². The number of rotatable bonds is 9. The number of fused-ring (bicyclic) bond motifs is 1. The number of hydrogen-bond acceptors (Lipinski definition) is 6. The smallest absolute Gasteiger partial charge is 0.283 e. The molecule has 0 aromatic heterocycles. The normalized spacial score (nSPS) is 15.8. The molecule has 0 unspecified atom stereocenters. The fourth-order valence-electron chi connectivity index (χ4n) is 3.91. The molecule has 1 N–H and O–H groups in total. The fourth-order valence-corrected chi connectivity index (χ4v) is 4.80. The van der Waals surface area contributed by atoms with Crippen molar-refractivity contribution in [3.63, 3.8) is 0 Å². The molecule has 7 nitrogen and oxygen atoms in total. The number of nitrogens with one attached hydrogen (secondary N) is 1. The number of amides is 1. The first kappa shape index (κ1) is 24.4. The molecule has 37 heavy (non-hydrogen) atoms. The summed E-state index contributed by atoms with van der Waals surface area (Å²) in [6.45, 7) is 3.08. The highest BCUT2D eigenvalue weighted by molar-refractivity contribution is 8.17. The van der Waals surface area contributed by atoms with Crippen LogP contribution in [-0.4, -0.2) is 41.6 Å². The van der Waals surface area contributed by atoms with Gasteiger partial charge in [-0.25, -0.2) is 0 Å². The average Bonchev–Trinajstić information content (AvgIpc) is 3.35. The highest BCUT2D eigenvalue weighted by Crippen LogP contribution is 2.37. The lowest BCUT2D eigenvalue weighted by atomic mass is 10.1. The highest BCUT2D eigenvalue weighted by Gasteiger charge is 2.36. The lowest BCUT2D eigenvalue weighted by Gasteiger charge is -2.27. The van der Waals surface area contributed by atoms with E-state index in [4.69, 9.17) is 19.6 Å². The molecule has 0 saturated heterocycles. The van der Waals surface area contributed by atoms with E-state index in [0.29, 0.717) is 42.1 Å². The van der Waals surface area contributed by atoms with E-state index in [0.717, 1.165) is 17.0 Å². The van der Waals surface area contributed by atoms with E-state index in [-0.39, 0.29) is 11.4 Å². The number of aliphatic imine (C=N–C) groups is 1. The number of carbonyl (C=O) groups is 1. The van der Waals surface area contributed by atoms with Gasteiger partial charge in [-0.2, -0.15) is 4.99 Å². The van der Waals surface area contributed by atoms with Crippen LogP contribution in [0.2, 0.25) is 0 Å².